The molecular weight excluding hydrogens is 529 g/mol. The van der Waals surface area contributed by atoms with Gasteiger partial charge < -0.3 is 19.5 Å². The highest BCUT2D eigenvalue weighted by molar-refractivity contribution is 9.10. The molecule has 10 heteroatoms. The van der Waals surface area contributed by atoms with Crippen molar-refractivity contribution in [2.24, 2.45) is 0 Å². The van der Waals surface area contributed by atoms with Crippen LogP contribution in [0.5, 0.6) is 17.2 Å². The third kappa shape index (κ3) is 4.26. The Bertz CT molecular complexity index is 1480. The fourth-order valence-corrected chi connectivity index (χ4v) is 4.70. The van der Waals surface area contributed by atoms with Crippen molar-refractivity contribution in [2.45, 2.75) is 26.4 Å². The Labute approximate surface area is 216 Å². The number of fused-ring (bicyclic) bond motifs is 2. The Hall–Kier alpha value is -3.66. The van der Waals surface area contributed by atoms with Gasteiger partial charge in [0.15, 0.2) is 11.5 Å². The number of anilines is 1. The van der Waals surface area contributed by atoms with Crippen molar-refractivity contribution >= 4 is 38.5 Å². The summed E-state index contributed by atoms with van der Waals surface area (Å²) in [5.41, 5.74) is 5.81. The maximum Gasteiger partial charge on any atom is 0.224 e. The van der Waals surface area contributed by atoms with Gasteiger partial charge in [0.25, 0.3) is 0 Å². The Balaban J connectivity index is 1.53. The lowest BCUT2D eigenvalue weighted by molar-refractivity contribution is 0.324. The van der Waals surface area contributed by atoms with Gasteiger partial charge in [-0.2, -0.15) is 5.10 Å². The van der Waals surface area contributed by atoms with E-state index in [2.05, 4.69) is 27.3 Å². The Morgan fingerprint density at radius 3 is 2.47 bits per heavy atom. The number of halogens is 2. The van der Waals surface area contributed by atoms with Crippen LogP contribution < -0.4 is 19.5 Å². The smallest absolute Gasteiger partial charge is 0.224 e. The molecule has 2 heterocycles. The van der Waals surface area contributed by atoms with E-state index in [4.69, 9.17) is 29.3 Å². The van der Waals surface area contributed by atoms with Crippen molar-refractivity contribution in [2.75, 3.05) is 26.6 Å². The van der Waals surface area contributed by atoms with E-state index in [0.717, 1.165) is 27.8 Å². The minimum Gasteiger partial charge on any atom is -0.493 e. The first-order chi connectivity index (χ1) is 17.4. The zero-order chi connectivity index (χ0) is 25.4. The zero-order valence-corrected chi connectivity index (χ0v) is 21.9. The summed E-state index contributed by atoms with van der Waals surface area (Å²) in [5.74, 6) is 1.85. The maximum absolute atomic E-state index is 14.1. The molecule has 0 atom stereocenters. The number of aryl methyl sites for hydroxylation is 1. The SMILES string of the molecule is CCn1cc2nc(NCc3cc(OC)c(OC)c(OC)c3)nc(C3=CCc4cc(F)c(Br)cc43)c2n1. The van der Waals surface area contributed by atoms with Gasteiger partial charge in [0, 0.05) is 18.7 Å². The predicted octanol–water partition coefficient (Wildman–Crippen LogP) is 5.37. The van der Waals surface area contributed by atoms with Crippen LogP contribution in [0.25, 0.3) is 16.6 Å². The van der Waals surface area contributed by atoms with Crippen molar-refractivity contribution in [3.8, 4) is 17.2 Å². The molecule has 0 radical (unpaired) electrons. The second kappa shape index (κ2) is 9.77. The molecule has 186 valence electrons. The van der Waals surface area contributed by atoms with Crippen LogP contribution in [-0.4, -0.2) is 41.1 Å². The summed E-state index contributed by atoms with van der Waals surface area (Å²) in [5, 5.41) is 8.02. The minimum absolute atomic E-state index is 0.279. The van der Waals surface area contributed by atoms with Gasteiger partial charge in [0.05, 0.1) is 32.0 Å². The minimum atomic E-state index is -0.279. The van der Waals surface area contributed by atoms with Gasteiger partial charge >= 0.3 is 0 Å². The fraction of sp³-hybridized carbons (Fsp3) is 0.269. The monoisotopic (exact) mass is 553 g/mol. The largest absolute Gasteiger partial charge is 0.493 e. The van der Waals surface area contributed by atoms with Crippen molar-refractivity contribution in [1.82, 2.24) is 19.7 Å². The van der Waals surface area contributed by atoms with Gasteiger partial charge in [-0.1, -0.05) is 6.08 Å². The third-order valence-electron chi connectivity index (χ3n) is 6.13. The highest BCUT2D eigenvalue weighted by Crippen LogP contribution is 2.39. The van der Waals surface area contributed by atoms with E-state index in [0.29, 0.717) is 58.4 Å². The van der Waals surface area contributed by atoms with Gasteiger partial charge in [-0.05, 0) is 70.2 Å². The molecular formula is C26H25BrFN5O3. The molecule has 1 aliphatic carbocycles. The second-order valence-corrected chi connectivity index (χ2v) is 9.10. The Morgan fingerprint density at radius 1 is 1.06 bits per heavy atom. The van der Waals surface area contributed by atoms with Crippen LogP contribution in [0.15, 0.2) is 41.0 Å². The second-order valence-electron chi connectivity index (χ2n) is 8.25. The standard InChI is InChI=1S/C26H25BrFN5O3/c1-5-33-13-20-24(32-33)23(16-7-6-15-10-19(28)18(27)11-17(15)16)31-26(30-20)29-12-14-8-21(34-2)25(36-4)22(9-14)35-3/h7-11,13H,5-6,12H2,1-4H3,(H,29,30). The van der Waals surface area contributed by atoms with Gasteiger partial charge in [0.2, 0.25) is 11.7 Å². The van der Waals surface area contributed by atoms with Crippen molar-refractivity contribution in [3.63, 3.8) is 0 Å². The van der Waals surface area contributed by atoms with Crippen LogP contribution >= 0.6 is 15.9 Å². The van der Waals surface area contributed by atoms with Crippen LogP contribution in [0.3, 0.4) is 0 Å². The van der Waals surface area contributed by atoms with Crippen LogP contribution in [0.1, 0.15) is 29.3 Å². The van der Waals surface area contributed by atoms with E-state index in [9.17, 15) is 4.39 Å². The summed E-state index contributed by atoms with van der Waals surface area (Å²) in [6.45, 7) is 3.15. The number of allylic oxidation sites excluding steroid dienone is 1. The molecule has 0 saturated carbocycles. The average Bonchev–Trinajstić information content (AvgIpc) is 3.50. The molecule has 0 spiro atoms. The lowest BCUT2D eigenvalue weighted by Gasteiger charge is -2.15. The molecule has 8 nitrogen and oxygen atoms in total. The summed E-state index contributed by atoms with van der Waals surface area (Å²) in [6, 6.07) is 7.13. The number of nitrogens with one attached hydrogen (secondary N) is 1. The molecule has 2 aromatic carbocycles. The summed E-state index contributed by atoms with van der Waals surface area (Å²) in [6.07, 6.45) is 4.59. The molecule has 0 aliphatic heterocycles. The summed E-state index contributed by atoms with van der Waals surface area (Å²) >= 11 is 3.32. The normalized spacial score (nSPS) is 12.4. The molecule has 2 aromatic heterocycles. The lowest BCUT2D eigenvalue weighted by atomic mass is 10.0. The predicted molar refractivity (Wildman–Crippen MR) is 139 cm³/mol. The van der Waals surface area contributed by atoms with Crippen molar-refractivity contribution in [3.05, 3.63) is 69.2 Å². The molecule has 0 bridgehead atoms. The number of aromatic nitrogens is 4. The first-order valence-corrected chi connectivity index (χ1v) is 12.2. The highest BCUT2D eigenvalue weighted by Gasteiger charge is 2.23. The molecule has 4 aromatic rings. The van der Waals surface area contributed by atoms with Gasteiger partial charge in [-0.15, -0.1) is 0 Å². The first kappa shape index (κ1) is 24.1. The van der Waals surface area contributed by atoms with Gasteiger partial charge in [-0.3, -0.25) is 4.68 Å². The molecule has 0 fully saturated rings. The third-order valence-corrected chi connectivity index (χ3v) is 6.74. The molecule has 0 saturated heterocycles. The number of benzene rings is 2. The molecule has 1 N–H and O–H groups in total. The van der Waals surface area contributed by atoms with Crippen molar-refractivity contribution < 1.29 is 18.6 Å². The Morgan fingerprint density at radius 2 is 1.81 bits per heavy atom. The fourth-order valence-electron chi connectivity index (χ4n) is 4.36. The number of ether oxygens (including phenoxy) is 3. The van der Waals surface area contributed by atoms with Crippen LogP contribution in [0.2, 0.25) is 0 Å². The van der Waals surface area contributed by atoms with Crippen LogP contribution in [0, 0.1) is 5.82 Å². The summed E-state index contributed by atoms with van der Waals surface area (Å²) in [7, 11) is 4.74. The van der Waals surface area contributed by atoms with E-state index in [-0.39, 0.29) is 5.82 Å². The zero-order valence-electron chi connectivity index (χ0n) is 20.4. The number of hydrogen-bond donors (Lipinski definition) is 1. The summed E-state index contributed by atoms with van der Waals surface area (Å²) < 4.78 is 32.7. The molecule has 36 heavy (non-hydrogen) atoms. The van der Waals surface area contributed by atoms with E-state index < -0.39 is 0 Å². The molecule has 5 rings (SSSR count). The highest BCUT2D eigenvalue weighted by atomic mass is 79.9. The number of nitrogens with zero attached hydrogens (tertiary/aromatic N) is 4. The number of rotatable bonds is 8. The van der Waals surface area contributed by atoms with Gasteiger partial charge in [-0.25, -0.2) is 14.4 Å². The maximum atomic E-state index is 14.1. The summed E-state index contributed by atoms with van der Waals surface area (Å²) in [4.78, 5) is 9.56. The molecule has 0 amide bonds. The lowest BCUT2D eigenvalue weighted by Crippen LogP contribution is -2.07. The van der Waals surface area contributed by atoms with E-state index in [1.807, 2.05) is 29.9 Å². The Kier molecular flexibility index (Phi) is 6.53. The van der Waals surface area contributed by atoms with E-state index in [1.165, 1.54) is 0 Å². The first-order valence-electron chi connectivity index (χ1n) is 11.4. The topological polar surface area (TPSA) is 83.3 Å². The molecule has 1 aliphatic rings. The van der Waals surface area contributed by atoms with Crippen LogP contribution in [0.4, 0.5) is 10.3 Å². The molecule has 0 unspecified atom stereocenters. The number of hydrogen-bond acceptors (Lipinski definition) is 7. The van der Waals surface area contributed by atoms with Gasteiger partial charge in [0.1, 0.15) is 22.5 Å². The quantitative estimate of drug-likeness (QED) is 0.314. The average molecular weight is 554 g/mol. The van der Waals surface area contributed by atoms with E-state index in [1.54, 1.807) is 33.5 Å². The number of methoxy groups -OCH3 is 3. The van der Waals surface area contributed by atoms with Crippen molar-refractivity contribution in [1.29, 1.82) is 0 Å². The van der Waals surface area contributed by atoms with Crippen LogP contribution in [-0.2, 0) is 19.5 Å². The van der Waals surface area contributed by atoms with E-state index >= 15 is 0 Å².